The van der Waals surface area contributed by atoms with Crippen LogP contribution in [0.25, 0.3) is 10.8 Å². The lowest BCUT2D eigenvalue weighted by atomic mass is 10.0. The van der Waals surface area contributed by atoms with Gasteiger partial charge in [0.1, 0.15) is 5.75 Å². The van der Waals surface area contributed by atoms with Crippen LogP contribution in [0.2, 0.25) is 0 Å². The Bertz CT molecular complexity index is 651. The van der Waals surface area contributed by atoms with E-state index in [0.717, 1.165) is 34.7 Å². The molecule has 0 amide bonds. The molecule has 110 valence electrons. The Balaban J connectivity index is 1.58. The van der Waals surface area contributed by atoms with Crippen LogP contribution in [0.4, 0.5) is 0 Å². The van der Waals surface area contributed by atoms with Gasteiger partial charge in [-0.25, -0.2) is 0 Å². The van der Waals surface area contributed by atoms with Crippen molar-refractivity contribution < 1.29 is 5.11 Å². The zero-order valence-electron chi connectivity index (χ0n) is 12.5. The monoisotopic (exact) mass is 281 g/mol. The molecule has 2 fully saturated rings. The topological polar surface area (TPSA) is 23.5 Å². The van der Waals surface area contributed by atoms with Crippen molar-refractivity contribution in [3.05, 3.63) is 42.0 Å². The standard InChI is InChI=1S/C19H23NO/c21-19-17(8-7-16-3-1-2-4-18(16)19)13-20-10-9-14-5-6-15(11-14)12-20/h1-4,7-8,14-15,21H,5-6,9-13H2/t14-,15-/m0/s1. The fourth-order valence-electron chi connectivity index (χ4n) is 4.24. The molecule has 2 aromatic rings. The van der Waals surface area contributed by atoms with Crippen LogP contribution in [0.15, 0.2) is 36.4 Å². The molecule has 1 saturated carbocycles. The maximum Gasteiger partial charge on any atom is 0.127 e. The molecule has 2 nitrogen and oxygen atoms in total. The predicted octanol–water partition coefficient (Wildman–Crippen LogP) is 4.17. The number of likely N-dealkylation sites (tertiary alicyclic amines) is 1. The molecular weight excluding hydrogens is 258 g/mol. The molecule has 0 spiro atoms. The Morgan fingerprint density at radius 3 is 2.81 bits per heavy atom. The summed E-state index contributed by atoms with van der Waals surface area (Å²) in [6, 6.07) is 12.3. The molecule has 2 aliphatic rings. The summed E-state index contributed by atoms with van der Waals surface area (Å²) in [4.78, 5) is 2.55. The maximum absolute atomic E-state index is 10.6. The van der Waals surface area contributed by atoms with Gasteiger partial charge >= 0.3 is 0 Å². The number of phenolic OH excluding ortho intramolecular Hbond substituents is 1. The quantitative estimate of drug-likeness (QED) is 0.893. The minimum absolute atomic E-state index is 0.475. The Labute approximate surface area is 126 Å². The van der Waals surface area contributed by atoms with Gasteiger partial charge in [0.2, 0.25) is 0 Å². The van der Waals surface area contributed by atoms with Gasteiger partial charge in [0.25, 0.3) is 0 Å². The lowest BCUT2D eigenvalue weighted by molar-refractivity contribution is 0.227. The lowest BCUT2D eigenvalue weighted by Crippen LogP contribution is -2.28. The fraction of sp³-hybridized carbons (Fsp3) is 0.474. The first kappa shape index (κ1) is 13.1. The highest BCUT2D eigenvalue weighted by Gasteiger charge is 2.30. The molecule has 2 bridgehead atoms. The molecule has 0 unspecified atom stereocenters. The highest BCUT2D eigenvalue weighted by molar-refractivity contribution is 5.89. The molecule has 0 aromatic heterocycles. The first-order valence-electron chi connectivity index (χ1n) is 8.21. The number of nitrogens with zero attached hydrogens (tertiary/aromatic N) is 1. The van der Waals surface area contributed by atoms with Crippen molar-refractivity contribution in [1.82, 2.24) is 4.90 Å². The molecule has 0 radical (unpaired) electrons. The van der Waals surface area contributed by atoms with Crippen LogP contribution < -0.4 is 0 Å². The second-order valence-corrected chi connectivity index (χ2v) is 6.86. The average molecular weight is 281 g/mol. The number of fused-ring (bicyclic) bond motifs is 3. The third-order valence-corrected chi connectivity index (χ3v) is 5.40. The van der Waals surface area contributed by atoms with Crippen molar-refractivity contribution in [3.63, 3.8) is 0 Å². The van der Waals surface area contributed by atoms with Crippen LogP contribution in [0.1, 0.15) is 31.2 Å². The van der Waals surface area contributed by atoms with Crippen LogP contribution in [-0.2, 0) is 6.54 Å². The molecule has 2 atom stereocenters. The van der Waals surface area contributed by atoms with E-state index in [1.54, 1.807) is 0 Å². The van der Waals surface area contributed by atoms with Crippen LogP contribution in [0.3, 0.4) is 0 Å². The summed E-state index contributed by atoms with van der Waals surface area (Å²) in [6.45, 7) is 3.29. The molecule has 2 heteroatoms. The van der Waals surface area contributed by atoms with Gasteiger partial charge in [0, 0.05) is 24.0 Å². The Morgan fingerprint density at radius 1 is 1.00 bits per heavy atom. The summed E-state index contributed by atoms with van der Waals surface area (Å²) in [7, 11) is 0. The van der Waals surface area contributed by atoms with Gasteiger partial charge in [0.05, 0.1) is 0 Å². The van der Waals surface area contributed by atoms with E-state index < -0.39 is 0 Å². The van der Waals surface area contributed by atoms with E-state index in [1.807, 2.05) is 18.2 Å². The average Bonchev–Trinajstić information content (AvgIpc) is 2.84. The Hall–Kier alpha value is -1.54. The van der Waals surface area contributed by atoms with Gasteiger partial charge in [0.15, 0.2) is 0 Å². The minimum Gasteiger partial charge on any atom is -0.507 e. The number of phenols is 1. The normalized spacial score (nSPS) is 26.1. The summed E-state index contributed by atoms with van der Waals surface area (Å²) in [5.41, 5.74) is 1.08. The predicted molar refractivity (Wildman–Crippen MR) is 86.3 cm³/mol. The molecule has 1 N–H and O–H groups in total. The molecular formula is C19H23NO. The third kappa shape index (κ3) is 2.53. The summed E-state index contributed by atoms with van der Waals surface area (Å²) in [5.74, 6) is 2.33. The largest absolute Gasteiger partial charge is 0.507 e. The zero-order chi connectivity index (χ0) is 14.2. The van der Waals surface area contributed by atoms with Crippen molar-refractivity contribution in [1.29, 1.82) is 0 Å². The van der Waals surface area contributed by atoms with E-state index in [2.05, 4.69) is 23.1 Å². The van der Waals surface area contributed by atoms with Gasteiger partial charge < -0.3 is 5.11 Å². The highest BCUT2D eigenvalue weighted by Crippen LogP contribution is 2.37. The molecule has 4 rings (SSSR count). The number of benzene rings is 2. The van der Waals surface area contributed by atoms with Crippen LogP contribution in [0.5, 0.6) is 5.75 Å². The smallest absolute Gasteiger partial charge is 0.127 e. The Kier molecular flexibility index (Phi) is 3.34. The second kappa shape index (κ2) is 5.34. The van der Waals surface area contributed by atoms with Crippen molar-refractivity contribution in [2.75, 3.05) is 13.1 Å². The van der Waals surface area contributed by atoms with Crippen LogP contribution >= 0.6 is 0 Å². The second-order valence-electron chi connectivity index (χ2n) is 6.86. The lowest BCUT2D eigenvalue weighted by Gasteiger charge is -2.25. The van der Waals surface area contributed by atoms with Crippen molar-refractivity contribution in [2.24, 2.45) is 11.8 Å². The van der Waals surface area contributed by atoms with Gasteiger partial charge in [-0.2, -0.15) is 0 Å². The van der Waals surface area contributed by atoms with Gasteiger partial charge in [-0.3, -0.25) is 4.90 Å². The van der Waals surface area contributed by atoms with Gasteiger partial charge in [-0.1, -0.05) is 42.8 Å². The summed E-state index contributed by atoms with van der Waals surface area (Å²) in [5, 5.41) is 12.7. The van der Waals surface area contributed by atoms with E-state index in [4.69, 9.17) is 0 Å². The number of aromatic hydroxyl groups is 1. The van der Waals surface area contributed by atoms with E-state index in [9.17, 15) is 5.11 Å². The van der Waals surface area contributed by atoms with Crippen molar-refractivity contribution >= 4 is 10.8 Å². The number of hydrogen-bond acceptors (Lipinski definition) is 2. The first-order chi connectivity index (χ1) is 10.3. The first-order valence-corrected chi connectivity index (χ1v) is 8.21. The maximum atomic E-state index is 10.6. The number of hydrogen-bond donors (Lipinski definition) is 1. The van der Waals surface area contributed by atoms with Gasteiger partial charge in [-0.05, 0) is 43.0 Å². The molecule has 1 aliphatic heterocycles. The van der Waals surface area contributed by atoms with E-state index in [-0.39, 0.29) is 0 Å². The zero-order valence-corrected chi connectivity index (χ0v) is 12.5. The van der Waals surface area contributed by atoms with E-state index >= 15 is 0 Å². The van der Waals surface area contributed by atoms with Crippen LogP contribution in [-0.4, -0.2) is 23.1 Å². The Morgan fingerprint density at radius 2 is 1.86 bits per heavy atom. The summed E-state index contributed by atoms with van der Waals surface area (Å²) in [6.07, 6.45) is 5.62. The summed E-state index contributed by atoms with van der Waals surface area (Å²) >= 11 is 0. The SMILES string of the molecule is Oc1c(CN2CC[C@@H]3CC[C@@H](C3)C2)ccc2ccccc12. The van der Waals surface area contributed by atoms with Crippen LogP contribution in [0, 0.1) is 11.8 Å². The minimum atomic E-state index is 0.475. The molecule has 1 aliphatic carbocycles. The fourth-order valence-corrected chi connectivity index (χ4v) is 4.24. The van der Waals surface area contributed by atoms with Crippen molar-refractivity contribution in [3.8, 4) is 5.75 Å². The van der Waals surface area contributed by atoms with Crippen molar-refractivity contribution in [2.45, 2.75) is 32.2 Å². The third-order valence-electron chi connectivity index (χ3n) is 5.40. The highest BCUT2D eigenvalue weighted by atomic mass is 16.3. The van der Waals surface area contributed by atoms with E-state index in [1.165, 1.54) is 38.8 Å². The van der Waals surface area contributed by atoms with E-state index in [0.29, 0.717) is 5.75 Å². The summed E-state index contributed by atoms with van der Waals surface area (Å²) < 4.78 is 0. The van der Waals surface area contributed by atoms with Gasteiger partial charge in [-0.15, -0.1) is 0 Å². The molecule has 2 aromatic carbocycles. The molecule has 21 heavy (non-hydrogen) atoms. The number of rotatable bonds is 2. The molecule has 1 saturated heterocycles. The molecule has 1 heterocycles.